The third-order valence-corrected chi connectivity index (χ3v) is 3.33. The molecule has 104 valence electrons. The Morgan fingerprint density at radius 3 is 2.45 bits per heavy atom. The predicted octanol–water partition coefficient (Wildman–Crippen LogP) is 3.65. The van der Waals surface area contributed by atoms with E-state index in [4.69, 9.17) is 10.5 Å². The Morgan fingerprint density at radius 2 is 1.90 bits per heavy atom. The lowest BCUT2D eigenvalue weighted by Gasteiger charge is -2.08. The summed E-state index contributed by atoms with van der Waals surface area (Å²) in [4.78, 5) is 10.2. The lowest BCUT2D eigenvalue weighted by Crippen LogP contribution is -2.02. The summed E-state index contributed by atoms with van der Waals surface area (Å²) >= 11 is 3.27. The summed E-state index contributed by atoms with van der Waals surface area (Å²) in [7, 11) is 0. The first-order chi connectivity index (χ1) is 9.60. The van der Waals surface area contributed by atoms with E-state index in [-0.39, 0.29) is 5.69 Å². The molecule has 0 unspecified atom stereocenters. The van der Waals surface area contributed by atoms with Crippen LogP contribution in [0, 0.1) is 10.1 Å². The van der Waals surface area contributed by atoms with Gasteiger partial charge in [0.1, 0.15) is 11.5 Å². The first-order valence-electron chi connectivity index (χ1n) is 6.01. The van der Waals surface area contributed by atoms with Gasteiger partial charge in [-0.25, -0.2) is 0 Å². The molecule has 6 heteroatoms. The number of ether oxygens (including phenoxy) is 1. The Kier molecular flexibility index (Phi) is 4.70. The maximum absolute atomic E-state index is 10.7. The fraction of sp³-hybridized carbons (Fsp3) is 0.143. The first-order valence-corrected chi connectivity index (χ1v) is 6.80. The third kappa shape index (κ3) is 3.55. The largest absolute Gasteiger partial charge is 0.456 e. The second-order valence-electron chi connectivity index (χ2n) is 4.16. The summed E-state index contributed by atoms with van der Waals surface area (Å²) in [5.41, 5.74) is 6.65. The van der Waals surface area contributed by atoms with Crippen LogP contribution in [0.1, 0.15) is 5.56 Å². The van der Waals surface area contributed by atoms with Crippen molar-refractivity contribution in [2.24, 2.45) is 5.73 Å². The van der Waals surface area contributed by atoms with Crippen molar-refractivity contribution in [2.75, 3.05) is 6.54 Å². The molecular weight excluding hydrogens is 324 g/mol. The van der Waals surface area contributed by atoms with E-state index in [9.17, 15) is 10.1 Å². The summed E-state index contributed by atoms with van der Waals surface area (Å²) in [5.74, 6) is 1.20. The van der Waals surface area contributed by atoms with E-state index in [1.807, 2.05) is 24.3 Å². The van der Waals surface area contributed by atoms with Gasteiger partial charge in [0.05, 0.1) is 9.40 Å². The Morgan fingerprint density at radius 1 is 1.20 bits per heavy atom. The molecule has 2 aromatic rings. The average Bonchev–Trinajstić information content (AvgIpc) is 2.43. The highest BCUT2D eigenvalue weighted by molar-refractivity contribution is 9.10. The van der Waals surface area contributed by atoms with Crippen molar-refractivity contribution in [3.05, 3.63) is 62.6 Å². The minimum absolute atomic E-state index is 0.0162. The minimum Gasteiger partial charge on any atom is -0.456 e. The van der Waals surface area contributed by atoms with Crippen molar-refractivity contribution in [1.29, 1.82) is 0 Å². The van der Waals surface area contributed by atoms with Crippen LogP contribution in [0.15, 0.2) is 46.9 Å². The van der Waals surface area contributed by atoms with Gasteiger partial charge in [-0.2, -0.15) is 0 Å². The molecule has 0 aliphatic rings. The number of non-ortho nitro benzene ring substituents is 1. The van der Waals surface area contributed by atoms with Crippen LogP contribution < -0.4 is 10.5 Å². The summed E-state index contributed by atoms with van der Waals surface area (Å²) in [6.07, 6.45) is 0.821. The summed E-state index contributed by atoms with van der Waals surface area (Å²) in [6, 6.07) is 12.0. The van der Waals surface area contributed by atoms with Crippen LogP contribution in [0.25, 0.3) is 0 Å². The molecule has 0 saturated heterocycles. The smallest absolute Gasteiger partial charge is 0.270 e. The molecule has 20 heavy (non-hydrogen) atoms. The fourth-order valence-corrected chi connectivity index (χ4v) is 2.15. The summed E-state index contributed by atoms with van der Waals surface area (Å²) in [6.45, 7) is 0.605. The normalized spacial score (nSPS) is 10.3. The van der Waals surface area contributed by atoms with Crippen LogP contribution in [-0.4, -0.2) is 11.5 Å². The molecule has 0 spiro atoms. The van der Waals surface area contributed by atoms with Gasteiger partial charge in [-0.3, -0.25) is 10.1 Å². The molecule has 0 aliphatic carbocycles. The van der Waals surface area contributed by atoms with Gasteiger partial charge in [0, 0.05) is 12.1 Å². The zero-order valence-electron chi connectivity index (χ0n) is 10.6. The highest BCUT2D eigenvalue weighted by Crippen LogP contribution is 2.32. The van der Waals surface area contributed by atoms with Gasteiger partial charge in [-0.15, -0.1) is 0 Å². The zero-order valence-corrected chi connectivity index (χ0v) is 12.2. The van der Waals surface area contributed by atoms with Crippen molar-refractivity contribution in [3.63, 3.8) is 0 Å². The highest BCUT2D eigenvalue weighted by atomic mass is 79.9. The number of hydrogen-bond donors (Lipinski definition) is 1. The molecule has 0 atom stereocenters. The topological polar surface area (TPSA) is 78.4 Å². The molecule has 0 radical (unpaired) electrons. The second-order valence-corrected chi connectivity index (χ2v) is 5.01. The molecule has 0 heterocycles. The number of nitrogens with zero attached hydrogens (tertiary/aromatic N) is 1. The Balaban J connectivity index is 2.15. The van der Waals surface area contributed by atoms with Gasteiger partial charge in [0.15, 0.2) is 0 Å². The number of nitro groups is 1. The molecular formula is C14H13BrN2O3. The van der Waals surface area contributed by atoms with Crippen molar-refractivity contribution in [3.8, 4) is 11.5 Å². The number of nitrogens with two attached hydrogens (primary N) is 1. The van der Waals surface area contributed by atoms with Gasteiger partial charge < -0.3 is 10.5 Å². The van der Waals surface area contributed by atoms with Crippen molar-refractivity contribution in [2.45, 2.75) is 6.42 Å². The molecule has 0 aromatic heterocycles. The lowest BCUT2D eigenvalue weighted by molar-refractivity contribution is -0.384. The number of hydrogen-bond acceptors (Lipinski definition) is 4. The number of benzene rings is 2. The van der Waals surface area contributed by atoms with E-state index in [0.29, 0.717) is 22.5 Å². The standard InChI is InChI=1S/C14H13BrN2O3/c15-13-9-11(17(18)19)3-6-14(13)20-12-4-1-10(2-5-12)7-8-16/h1-6,9H,7-8,16H2. The van der Waals surface area contributed by atoms with Crippen LogP contribution in [0.3, 0.4) is 0 Å². The van der Waals surface area contributed by atoms with Crippen LogP contribution >= 0.6 is 15.9 Å². The zero-order chi connectivity index (χ0) is 14.5. The van der Waals surface area contributed by atoms with Crippen LogP contribution in [0.2, 0.25) is 0 Å². The van der Waals surface area contributed by atoms with Gasteiger partial charge in [0.2, 0.25) is 0 Å². The Labute approximate surface area is 124 Å². The molecule has 2 N–H and O–H groups in total. The van der Waals surface area contributed by atoms with E-state index in [2.05, 4.69) is 15.9 Å². The van der Waals surface area contributed by atoms with Gasteiger partial charge in [0.25, 0.3) is 5.69 Å². The third-order valence-electron chi connectivity index (χ3n) is 2.71. The molecule has 0 amide bonds. The number of halogens is 1. The molecule has 2 aromatic carbocycles. The van der Waals surface area contributed by atoms with E-state index >= 15 is 0 Å². The average molecular weight is 337 g/mol. The summed E-state index contributed by atoms with van der Waals surface area (Å²) < 4.78 is 6.22. The van der Waals surface area contributed by atoms with Gasteiger partial charge in [-0.1, -0.05) is 12.1 Å². The summed E-state index contributed by atoms with van der Waals surface area (Å²) in [5, 5.41) is 10.7. The van der Waals surface area contributed by atoms with E-state index < -0.39 is 4.92 Å². The van der Waals surface area contributed by atoms with Gasteiger partial charge in [-0.05, 0) is 52.7 Å². The highest BCUT2D eigenvalue weighted by Gasteiger charge is 2.10. The van der Waals surface area contributed by atoms with E-state index in [1.165, 1.54) is 12.1 Å². The Hall–Kier alpha value is -1.92. The molecule has 0 bridgehead atoms. The molecule has 2 rings (SSSR count). The monoisotopic (exact) mass is 336 g/mol. The Bertz CT molecular complexity index is 614. The van der Waals surface area contributed by atoms with Crippen LogP contribution in [-0.2, 0) is 6.42 Å². The fourth-order valence-electron chi connectivity index (χ4n) is 1.70. The second kappa shape index (κ2) is 6.49. The predicted molar refractivity (Wildman–Crippen MR) is 80.1 cm³/mol. The number of rotatable bonds is 5. The SMILES string of the molecule is NCCc1ccc(Oc2ccc([N+](=O)[O-])cc2Br)cc1. The van der Waals surface area contributed by atoms with Gasteiger partial charge >= 0.3 is 0 Å². The number of nitro benzene ring substituents is 1. The quantitative estimate of drug-likeness (QED) is 0.667. The molecule has 0 fully saturated rings. The molecule has 0 saturated carbocycles. The van der Waals surface area contributed by atoms with Crippen LogP contribution in [0.4, 0.5) is 5.69 Å². The molecule has 5 nitrogen and oxygen atoms in total. The maximum atomic E-state index is 10.7. The van der Waals surface area contributed by atoms with Crippen molar-refractivity contribution >= 4 is 21.6 Å². The van der Waals surface area contributed by atoms with E-state index in [0.717, 1.165) is 12.0 Å². The van der Waals surface area contributed by atoms with E-state index in [1.54, 1.807) is 6.07 Å². The molecule has 0 aliphatic heterocycles. The maximum Gasteiger partial charge on any atom is 0.270 e. The minimum atomic E-state index is -0.448. The first kappa shape index (κ1) is 14.5. The lowest BCUT2D eigenvalue weighted by atomic mass is 10.1. The van der Waals surface area contributed by atoms with Crippen molar-refractivity contribution < 1.29 is 9.66 Å². The van der Waals surface area contributed by atoms with Crippen LogP contribution in [0.5, 0.6) is 11.5 Å². The van der Waals surface area contributed by atoms with Crippen molar-refractivity contribution in [1.82, 2.24) is 0 Å².